The maximum atomic E-state index is 12.7. The van der Waals surface area contributed by atoms with Crippen LogP contribution in [0.4, 0.5) is 13.2 Å². The lowest BCUT2D eigenvalue weighted by molar-refractivity contribution is -0.139. The van der Waals surface area contributed by atoms with Crippen molar-refractivity contribution in [1.82, 2.24) is 5.43 Å². The Morgan fingerprint density at radius 3 is 2.21 bits per heavy atom. The van der Waals surface area contributed by atoms with Gasteiger partial charge in [-0.2, -0.15) is 18.3 Å². The predicted molar refractivity (Wildman–Crippen MR) is 103 cm³/mol. The molecule has 1 saturated carbocycles. The summed E-state index contributed by atoms with van der Waals surface area (Å²) in [6.07, 6.45) is 1.53. The number of rotatable bonds is 3. The van der Waals surface area contributed by atoms with E-state index in [1.807, 2.05) is 5.43 Å². The molecule has 0 aliphatic heterocycles. The van der Waals surface area contributed by atoms with Crippen LogP contribution in [0.1, 0.15) is 43.2 Å². The lowest BCUT2D eigenvalue weighted by Gasteiger charge is -2.17. The van der Waals surface area contributed by atoms with Crippen LogP contribution in [0.2, 0.25) is 0 Å². The number of halogens is 3. The molecule has 28 heavy (non-hydrogen) atoms. The largest absolute Gasteiger partial charge is 0.417 e. The van der Waals surface area contributed by atoms with E-state index in [4.69, 9.17) is 28.3 Å². The molecule has 0 radical (unpaired) electrons. The highest BCUT2D eigenvalue weighted by Gasteiger charge is 2.36. The fraction of sp³-hybridized carbons (Fsp3) is 0.467. The van der Waals surface area contributed by atoms with E-state index in [0.717, 1.165) is 25.0 Å². The monoisotopic (exact) mass is 422 g/mol. The maximum absolute atomic E-state index is 12.7. The highest BCUT2D eigenvalue weighted by atomic mass is 32.2. The van der Waals surface area contributed by atoms with Gasteiger partial charge in [-0.25, -0.2) is 15.2 Å². The molecule has 1 aromatic rings. The number of hydrogen-bond donors (Lipinski definition) is 6. The van der Waals surface area contributed by atoms with Gasteiger partial charge in [0.2, 0.25) is 0 Å². The summed E-state index contributed by atoms with van der Waals surface area (Å²) in [5.74, 6) is 10.0. The first kappa shape index (κ1) is 23.7. The summed E-state index contributed by atoms with van der Waals surface area (Å²) in [6, 6.07) is 3.50. The molecule has 1 atom stereocenters. The van der Waals surface area contributed by atoms with Crippen LogP contribution in [0, 0.1) is 0 Å². The van der Waals surface area contributed by atoms with Gasteiger partial charge in [0.25, 0.3) is 0 Å². The Labute approximate surface area is 163 Å². The van der Waals surface area contributed by atoms with Crippen LogP contribution in [-0.4, -0.2) is 22.0 Å². The normalized spacial score (nSPS) is 16.5. The molecule has 1 unspecified atom stereocenters. The van der Waals surface area contributed by atoms with Gasteiger partial charge in [0.05, 0.1) is 16.5 Å². The number of hydrazone groups is 1. The summed E-state index contributed by atoms with van der Waals surface area (Å²) in [4.78, 5) is 3.48. The molecule has 158 valence electrons. The first-order valence-corrected chi connectivity index (χ1v) is 9.53. The summed E-state index contributed by atoms with van der Waals surface area (Å²) in [5, 5.41) is 8.23. The van der Waals surface area contributed by atoms with Gasteiger partial charge in [-0.15, -0.1) is 0 Å². The SMILES string of the molecule is N/N=C(\NN)c1cccc(C(F)(F)F)c1S(N)=O.NC(N)=NC1CCCCC1. The standard InChI is InChI=1S/C8H10F3N5OS.C7H15N3/c9-8(10,11)5-3-1-2-4(6(5)18(14)17)7(15-12)16-13;8-7(9)10-6-4-2-1-3-5-6/h1-3H,12-14H2,(H,15,16);6H,1-5H2,(H4,8,9,10). The van der Waals surface area contributed by atoms with Gasteiger partial charge in [0, 0.05) is 5.56 Å². The van der Waals surface area contributed by atoms with Gasteiger partial charge < -0.3 is 22.7 Å². The molecular formula is C15H25F3N8OS. The Hall–Kier alpha value is -2.38. The minimum absolute atomic E-state index is 0.171. The van der Waals surface area contributed by atoms with Crippen LogP contribution in [0.5, 0.6) is 0 Å². The van der Waals surface area contributed by atoms with E-state index in [0.29, 0.717) is 6.04 Å². The molecule has 1 fully saturated rings. The summed E-state index contributed by atoms with van der Waals surface area (Å²) in [5.41, 5.74) is 11.2. The number of hydrogen-bond acceptors (Lipinski definition) is 5. The number of amidine groups is 1. The number of benzene rings is 1. The van der Waals surface area contributed by atoms with E-state index in [1.165, 1.54) is 25.3 Å². The van der Waals surface area contributed by atoms with Crippen molar-refractivity contribution >= 4 is 22.8 Å². The summed E-state index contributed by atoms with van der Waals surface area (Å²) in [6.45, 7) is 0. The fourth-order valence-electron chi connectivity index (χ4n) is 2.77. The average molecular weight is 422 g/mol. The molecule has 1 aliphatic rings. The van der Waals surface area contributed by atoms with Crippen LogP contribution < -0.4 is 33.7 Å². The third-order valence-corrected chi connectivity index (χ3v) is 4.79. The Morgan fingerprint density at radius 2 is 1.79 bits per heavy atom. The van der Waals surface area contributed by atoms with Crippen molar-refractivity contribution in [3.8, 4) is 0 Å². The number of nitrogens with one attached hydrogen (secondary N) is 1. The first-order chi connectivity index (χ1) is 13.1. The zero-order valence-electron chi connectivity index (χ0n) is 15.1. The average Bonchev–Trinajstić information content (AvgIpc) is 2.62. The van der Waals surface area contributed by atoms with Crippen molar-refractivity contribution in [2.24, 2.45) is 38.4 Å². The number of aliphatic imine (C=N–C) groups is 1. The quantitative estimate of drug-likeness (QED) is 0.177. The zero-order valence-corrected chi connectivity index (χ0v) is 15.9. The molecular weight excluding hydrogens is 397 g/mol. The van der Waals surface area contributed by atoms with Gasteiger partial charge in [0.1, 0.15) is 11.0 Å². The fourth-order valence-corrected chi connectivity index (χ4v) is 3.55. The highest BCUT2D eigenvalue weighted by Crippen LogP contribution is 2.34. The van der Waals surface area contributed by atoms with Crippen molar-refractivity contribution in [3.05, 3.63) is 29.3 Å². The molecule has 0 bridgehead atoms. The Balaban J connectivity index is 0.000000330. The zero-order chi connectivity index (χ0) is 21.3. The number of hydrazine groups is 1. The molecule has 9 nitrogen and oxygen atoms in total. The van der Waals surface area contributed by atoms with Crippen LogP contribution in [0.25, 0.3) is 0 Å². The molecule has 1 aliphatic carbocycles. The Bertz CT molecular complexity index is 728. The van der Waals surface area contributed by atoms with Gasteiger partial charge >= 0.3 is 6.18 Å². The van der Waals surface area contributed by atoms with E-state index in [-0.39, 0.29) is 17.4 Å². The lowest BCUT2D eigenvalue weighted by atomic mass is 9.96. The maximum Gasteiger partial charge on any atom is 0.417 e. The molecule has 0 saturated heterocycles. The molecule has 1 aromatic carbocycles. The van der Waals surface area contributed by atoms with Crippen molar-refractivity contribution in [1.29, 1.82) is 0 Å². The van der Waals surface area contributed by atoms with Gasteiger partial charge in [-0.1, -0.05) is 25.3 Å². The van der Waals surface area contributed by atoms with Crippen molar-refractivity contribution < 1.29 is 17.4 Å². The Kier molecular flexibility index (Phi) is 9.15. The smallest absolute Gasteiger partial charge is 0.370 e. The molecule has 0 amide bonds. The van der Waals surface area contributed by atoms with E-state index in [9.17, 15) is 17.4 Å². The van der Waals surface area contributed by atoms with E-state index >= 15 is 0 Å². The predicted octanol–water partition coefficient (Wildman–Crippen LogP) is 0.363. The van der Waals surface area contributed by atoms with Gasteiger partial charge in [-0.05, 0) is 25.0 Å². The summed E-state index contributed by atoms with van der Waals surface area (Å²) in [7, 11) is -2.37. The van der Waals surface area contributed by atoms with Crippen LogP contribution in [0.3, 0.4) is 0 Å². The van der Waals surface area contributed by atoms with Gasteiger partial charge in [-0.3, -0.25) is 4.99 Å². The van der Waals surface area contributed by atoms with E-state index in [2.05, 4.69) is 10.1 Å². The molecule has 0 spiro atoms. The highest BCUT2D eigenvalue weighted by molar-refractivity contribution is 7.82. The summed E-state index contributed by atoms with van der Waals surface area (Å²) < 4.78 is 49.5. The van der Waals surface area contributed by atoms with Crippen LogP contribution in [-0.2, 0) is 17.2 Å². The minimum atomic E-state index is -4.70. The van der Waals surface area contributed by atoms with E-state index in [1.54, 1.807) is 0 Å². The molecule has 11 N–H and O–H groups in total. The number of nitrogens with zero attached hydrogens (tertiary/aromatic N) is 2. The van der Waals surface area contributed by atoms with E-state index < -0.39 is 27.6 Å². The van der Waals surface area contributed by atoms with Crippen LogP contribution >= 0.6 is 0 Å². The second kappa shape index (κ2) is 10.8. The lowest BCUT2D eigenvalue weighted by Crippen LogP contribution is -2.34. The number of nitrogens with two attached hydrogens (primary N) is 5. The summed E-state index contributed by atoms with van der Waals surface area (Å²) >= 11 is 0. The Morgan fingerprint density at radius 1 is 1.18 bits per heavy atom. The molecule has 0 aromatic heterocycles. The third-order valence-electron chi connectivity index (χ3n) is 3.95. The van der Waals surface area contributed by atoms with Crippen molar-refractivity contribution in [2.45, 2.75) is 49.2 Å². The molecule has 2 rings (SSSR count). The molecule has 0 heterocycles. The van der Waals surface area contributed by atoms with Crippen molar-refractivity contribution in [2.75, 3.05) is 0 Å². The number of guanidine groups is 1. The number of alkyl halides is 3. The van der Waals surface area contributed by atoms with Crippen molar-refractivity contribution in [3.63, 3.8) is 0 Å². The topological polar surface area (TPSA) is 184 Å². The third kappa shape index (κ3) is 6.98. The second-order valence-corrected chi connectivity index (χ2v) is 6.95. The minimum Gasteiger partial charge on any atom is -0.370 e. The van der Waals surface area contributed by atoms with Crippen LogP contribution in [0.15, 0.2) is 33.2 Å². The molecule has 13 heteroatoms. The second-order valence-electron chi connectivity index (χ2n) is 5.95. The first-order valence-electron chi connectivity index (χ1n) is 8.31. The van der Waals surface area contributed by atoms with Gasteiger partial charge in [0.15, 0.2) is 11.8 Å².